The molecule has 0 N–H and O–H groups in total. The van der Waals surface area contributed by atoms with Gasteiger partial charge < -0.3 is 28.4 Å². The molecular formula is C42H70O10. The normalized spacial score (nSPS) is 27.2. The molecule has 0 amide bonds. The van der Waals surface area contributed by atoms with Crippen LogP contribution in [0.5, 0.6) is 0 Å². The molecule has 8 unspecified atom stereocenters. The van der Waals surface area contributed by atoms with Gasteiger partial charge in [-0.05, 0) is 38.5 Å². The number of hydrogen-bond acceptors (Lipinski definition) is 10. The standard InChI is InChI=1S/C42H70O10/c1-3-5-7-9-11-13-15-17-19-21-23-47-39(43)31-27-35-37(51-35)29-33(31)41(45)49-25-26-50-42(46)34-30-38-36(52-38)28-32(34)40(44)48-24-22-20-18-16-14-12-10-8-6-4-2/h31-38H,3-30H2,1-2H3. The van der Waals surface area contributed by atoms with Crippen molar-refractivity contribution in [3.63, 3.8) is 0 Å². The maximum Gasteiger partial charge on any atom is 0.310 e. The van der Waals surface area contributed by atoms with Crippen LogP contribution in [0, 0.1) is 23.7 Å². The Balaban J connectivity index is 1.08. The largest absolute Gasteiger partial charge is 0.465 e. The zero-order valence-electron chi connectivity index (χ0n) is 32.5. The van der Waals surface area contributed by atoms with Crippen LogP contribution in [-0.4, -0.2) is 74.7 Å². The number of hydrogen-bond donors (Lipinski definition) is 0. The van der Waals surface area contributed by atoms with Crippen LogP contribution in [0.1, 0.15) is 168 Å². The smallest absolute Gasteiger partial charge is 0.310 e. The predicted octanol–water partition coefficient (Wildman–Crippen LogP) is 8.59. The van der Waals surface area contributed by atoms with Gasteiger partial charge in [-0.15, -0.1) is 0 Å². The molecule has 0 aromatic carbocycles. The number of rotatable bonds is 29. The van der Waals surface area contributed by atoms with Crippen molar-refractivity contribution in [1.29, 1.82) is 0 Å². The molecular weight excluding hydrogens is 664 g/mol. The summed E-state index contributed by atoms with van der Waals surface area (Å²) in [5.41, 5.74) is 0. The lowest BCUT2D eigenvalue weighted by atomic mass is 9.79. The van der Waals surface area contributed by atoms with Crippen LogP contribution in [0.15, 0.2) is 0 Å². The van der Waals surface area contributed by atoms with Crippen LogP contribution in [0.3, 0.4) is 0 Å². The first-order valence-electron chi connectivity index (χ1n) is 21.4. The average Bonchev–Trinajstić information content (AvgIpc) is 4.08. The molecule has 8 atom stereocenters. The Hall–Kier alpha value is -2.20. The fraction of sp³-hybridized carbons (Fsp3) is 0.905. The van der Waals surface area contributed by atoms with Crippen molar-refractivity contribution in [3.05, 3.63) is 0 Å². The van der Waals surface area contributed by atoms with Gasteiger partial charge in [-0.25, -0.2) is 0 Å². The molecule has 4 fully saturated rings. The van der Waals surface area contributed by atoms with E-state index in [0.29, 0.717) is 38.9 Å². The molecule has 0 spiro atoms. The Morgan fingerprint density at radius 1 is 0.365 bits per heavy atom. The summed E-state index contributed by atoms with van der Waals surface area (Å²) in [5.74, 6) is -4.18. The summed E-state index contributed by atoms with van der Waals surface area (Å²) in [5, 5.41) is 0. The molecule has 2 saturated carbocycles. The topological polar surface area (TPSA) is 130 Å². The van der Waals surface area contributed by atoms with E-state index in [1.807, 2.05) is 0 Å². The van der Waals surface area contributed by atoms with Crippen LogP contribution >= 0.6 is 0 Å². The molecule has 10 nitrogen and oxygen atoms in total. The monoisotopic (exact) mass is 734 g/mol. The van der Waals surface area contributed by atoms with Crippen molar-refractivity contribution in [3.8, 4) is 0 Å². The minimum atomic E-state index is -0.642. The molecule has 0 aromatic rings. The van der Waals surface area contributed by atoms with Gasteiger partial charge in [-0.3, -0.25) is 19.2 Å². The van der Waals surface area contributed by atoms with E-state index >= 15 is 0 Å². The SMILES string of the molecule is CCCCCCCCCCCCOC(=O)C1CC2OC2CC1C(=O)OCCOC(=O)C1CC2OC2CC1C(=O)OCCCCCCCCCCCC. The Bertz CT molecular complexity index is 981. The lowest BCUT2D eigenvalue weighted by Gasteiger charge is -2.27. The van der Waals surface area contributed by atoms with Gasteiger partial charge in [0.25, 0.3) is 0 Å². The van der Waals surface area contributed by atoms with E-state index in [2.05, 4.69) is 13.8 Å². The second-order valence-electron chi connectivity index (χ2n) is 15.8. The molecule has 2 aliphatic carbocycles. The van der Waals surface area contributed by atoms with Crippen molar-refractivity contribution >= 4 is 23.9 Å². The fourth-order valence-electron chi connectivity index (χ4n) is 8.12. The van der Waals surface area contributed by atoms with Crippen molar-refractivity contribution in [1.82, 2.24) is 0 Å². The number of carbonyl (C=O) groups excluding carboxylic acids is 4. The molecule has 2 aliphatic heterocycles. The minimum Gasteiger partial charge on any atom is -0.465 e. The van der Waals surface area contributed by atoms with E-state index in [0.717, 1.165) is 38.5 Å². The molecule has 10 heteroatoms. The number of unbranched alkanes of at least 4 members (excludes halogenated alkanes) is 18. The van der Waals surface area contributed by atoms with Crippen LogP contribution in [0.2, 0.25) is 0 Å². The van der Waals surface area contributed by atoms with E-state index in [1.165, 1.54) is 89.9 Å². The molecule has 4 aliphatic rings. The van der Waals surface area contributed by atoms with E-state index in [1.54, 1.807) is 0 Å². The number of ether oxygens (including phenoxy) is 6. The summed E-state index contributed by atoms with van der Waals surface area (Å²) in [4.78, 5) is 52.3. The van der Waals surface area contributed by atoms with Gasteiger partial charge >= 0.3 is 23.9 Å². The summed E-state index contributed by atoms with van der Waals surface area (Å²) in [6.07, 6.45) is 25.8. The third-order valence-electron chi connectivity index (χ3n) is 11.6. The average molecular weight is 735 g/mol. The van der Waals surface area contributed by atoms with Gasteiger partial charge in [0.1, 0.15) is 13.2 Å². The van der Waals surface area contributed by atoms with Crippen molar-refractivity contribution in [2.45, 2.75) is 192 Å². The third kappa shape index (κ3) is 15.3. The maximum absolute atomic E-state index is 13.1. The molecule has 0 bridgehead atoms. The summed E-state index contributed by atoms with van der Waals surface area (Å²) >= 11 is 0. The van der Waals surface area contributed by atoms with Gasteiger partial charge in [0.05, 0.1) is 61.3 Å². The first-order valence-corrected chi connectivity index (χ1v) is 21.4. The molecule has 298 valence electrons. The van der Waals surface area contributed by atoms with E-state index < -0.39 is 35.6 Å². The second-order valence-corrected chi connectivity index (χ2v) is 15.8. The van der Waals surface area contributed by atoms with Crippen molar-refractivity contribution in [2.24, 2.45) is 23.7 Å². The summed E-state index contributed by atoms with van der Waals surface area (Å²) < 4.78 is 33.5. The van der Waals surface area contributed by atoms with Gasteiger partial charge in [-0.1, -0.05) is 129 Å². The molecule has 0 radical (unpaired) electrons. The number of epoxide rings is 2. The van der Waals surface area contributed by atoms with Gasteiger partial charge in [-0.2, -0.15) is 0 Å². The Labute approximate surface area is 313 Å². The first kappa shape index (κ1) is 42.5. The molecule has 2 heterocycles. The number of fused-ring (bicyclic) bond motifs is 2. The summed E-state index contributed by atoms with van der Waals surface area (Å²) in [6.45, 7) is 4.94. The highest BCUT2D eigenvalue weighted by molar-refractivity contribution is 5.83. The number of carbonyl (C=O) groups is 4. The van der Waals surface area contributed by atoms with E-state index in [4.69, 9.17) is 28.4 Å². The van der Waals surface area contributed by atoms with Crippen molar-refractivity contribution < 1.29 is 47.6 Å². The summed E-state index contributed by atoms with van der Waals surface area (Å²) in [7, 11) is 0. The lowest BCUT2D eigenvalue weighted by molar-refractivity contribution is -0.167. The van der Waals surface area contributed by atoms with Crippen molar-refractivity contribution in [2.75, 3.05) is 26.4 Å². The van der Waals surface area contributed by atoms with Crippen LogP contribution in [0.25, 0.3) is 0 Å². The second kappa shape index (κ2) is 24.3. The molecule has 0 aromatic heterocycles. The van der Waals surface area contributed by atoms with Gasteiger partial charge in [0, 0.05) is 0 Å². The molecule has 2 saturated heterocycles. The molecule has 4 rings (SSSR count). The zero-order chi connectivity index (χ0) is 37.0. The highest BCUT2D eigenvalue weighted by Gasteiger charge is 2.55. The highest BCUT2D eigenvalue weighted by Crippen LogP contribution is 2.45. The van der Waals surface area contributed by atoms with Gasteiger partial charge in [0.15, 0.2) is 0 Å². The highest BCUT2D eigenvalue weighted by atomic mass is 16.6. The quantitative estimate of drug-likeness (QED) is 0.0319. The lowest BCUT2D eigenvalue weighted by Crippen LogP contribution is -2.39. The minimum absolute atomic E-state index is 0.0000375. The third-order valence-corrected chi connectivity index (χ3v) is 11.6. The van der Waals surface area contributed by atoms with E-state index in [-0.39, 0.29) is 49.6 Å². The fourth-order valence-corrected chi connectivity index (χ4v) is 8.12. The zero-order valence-corrected chi connectivity index (χ0v) is 32.5. The summed E-state index contributed by atoms with van der Waals surface area (Å²) in [6, 6.07) is 0. The van der Waals surface area contributed by atoms with Crippen LogP contribution < -0.4 is 0 Å². The van der Waals surface area contributed by atoms with Crippen LogP contribution in [-0.2, 0) is 47.6 Å². The Morgan fingerprint density at radius 2 is 0.596 bits per heavy atom. The Kier molecular flexibility index (Phi) is 19.8. The van der Waals surface area contributed by atoms with E-state index in [9.17, 15) is 19.2 Å². The van der Waals surface area contributed by atoms with Gasteiger partial charge in [0.2, 0.25) is 0 Å². The predicted molar refractivity (Wildman–Crippen MR) is 197 cm³/mol. The first-order chi connectivity index (χ1) is 25.4. The maximum atomic E-state index is 13.1. The van der Waals surface area contributed by atoms with Crippen LogP contribution in [0.4, 0.5) is 0 Å². The number of esters is 4. The molecule has 52 heavy (non-hydrogen) atoms. The Morgan fingerprint density at radius 3 is 0.865 bits per heavy atom.